The average molecular weight is 341 g/mol. The molecule has 7 heteroatoms. The second kappa shape index (κ2) is 6.76. The van der Waals surface area contributed by atoms with Crippen LogP contribution < -0.4 is 5.43 Å². The number of carbonyl (C=O) groups is 2. The molecule has 1 fully saturated rings. The number of rotatable bonds is 3. The smallest absolute Gasteiger partial charge is 0.422 e. The number of hydrogen-bond donors (Lipinski definition) is 2. The fourth-order valence-corrected chi connectivity index (χ4v) is 2.85. The number of carbonyl (C=O) groups excluding carboxylic acids is 1. The summed E-state index contributed by atoms with van der Waals surface area (Å²) in [5.74, 6) is -1.77. The number of ether oxygens (including phenoxy) is 1. The maximum absolute atomic E-state index is 11.8. The van der Waals surface area contributed by atoms with Crippen molar-refractivity contribution in [1.82, 2.24) is 10.4 Å². The zero-order valence-corrected chi connectivity index (χ0v) is 14.1. The van der Waals surface area contributed by atoms with Crippen LogP contribution >= 0.6 is 11.6 Å². The number of amides is 1. The minimum atomic E-state index is -0.900. The van der Waals surface area contributed by atoms with E-state index in [1.807, 2.05) is 6.07 Å². The van der Waals surface area contributed by atoms with E-state index >= 15 is 0 Å². The molecule has 1 heterocycles. The highest BCUT2D eigenvalue weighted by molar-refractivity contribution is 6.30. The Hall–Kier alpha value is -1.79. The summed E-state index contributed by atoms with van der Waals surface area (Å²) in [5.41, 5.74) is 2.85. The molecule has 1 aliphatic heterocycles. The van der Waals surface area contributed by atoms with Gasteiger partial charge in [-0.3, -0.25) is 10.2 Å². The topological polar surface area (TPSA) is 78.9 Å². The molecular formula is C16H21ClN2O4. The van der Waals surface area contributed by atoms with Gasteiger partial charge in [0.25, 0.3) is 0 Å². The molecular weight excluding hydrogens is 320 g/mol. The van der Waals surface area contributed by atoms with Gasteiger partial charge in [-0.05, 0) is 38.5 Å². The lowest BCUT2D eigenvalue weighted by molar-refractivity contribution is -0.141. The Kier molecular flexibility index (Phi) is 5.16. The normalized spacial score (nSPS) is 21.9. The third-order valence-corrected chi connectivity index (χ3v) is 3.80. The molecule has 1 aromatic rings. The summed E-state index contributed by atoms with van der Waals surface area (Å²) < 4.78 is 5.20. The molecule has 1 aromatic carbocycles. The van der Waals surface area contributed by atoms with Crippen molar-refractivity contribution in [2.45, 2.75) is 32.3 Å². The van der Waals surface area contributed by atoms with Crippen LogP contribution in [0.5, 0.6) is 0 Å². The summed E-state index contributed by atoms with van der Waals surface area (Å²) in [6.07, 6.45) is -0.589. The summed E-state index contributed by atoms with van der Waals surface area (Å²) >= 11 is 5.99. The Labute approximate surface area is 140 Å². The van der Waals surface area contributed by atoms with Crippen LogP contribution in [0.1, 0.15) is 32.3 Å². The second-order valence-electron chi connectivity index (χ2n) is 6.62. The van der Waals surface area contributed by atoms with Crippen LogP contribution in [0.15, 0.2) is 24.3 Å². The Morgan fingerprint density at radius 3 is 2.61 bits per heavy atom. The van der Waals surface area contributed by atoms with Crippen molar-refractivity contribution < 1.29 is 19.4 Å². The number of nitrogens with one attached hydrogen (secondary N) is 1. The predicted molar refractivity (Wildman–Crippen MR) is 86.3 cm³/mol. The van der Waals surface area contributed by atoms with E-state index in [4.69, 9.17) is 16.3 Å². The van der Waals surface area contributed by atoms with Gasteiger partial charge in [-0.2, -0.15) is 0 Å². The molecule has 0 unspecified atom stereocenters. The lowest BCUT2D eigenvalue weighted by Crippen LogP contribution is -2.43. The Morgan fingerprint density at radius 2 is 2.04 bits per heavy atom. The predicted octanol–water partition coefficient (Wildman–Crippen LogP) is 2.88. The summed E-state index contributed by atoms with van der Waals surface area (Å²) in [6.45, 7) is 5.91. The number of hydrogen-bond acceptors (Lipinski definition) is 4. The molecule has 0 aliphatic carbocycles. The minimum absolute atomic E-state index is 0.214. The highest BCUT2D eigenvalue weighted by atomic mass is 35.5. The van der Waals surface area contributed by atoms with Crippen LogP contribution in [0, 0.1) is 5.92 Å². The maximum atomic E-state index is 11.8. The summed E-state index contributed by atoms with van der Waals surface area (Å²) in [6, 6.07) is 7.15. The van der Waals surface area contributed by atoms with E-state index in [0.717, 1.165) is 5.56 Å². The van der Waals surface area contributed by atoms with Gasteiger partial charge in [0.1, 0.15) is 5.60 Å². The largest absolute Gasteiger partial charge is 0.481 e. The fraction of sp³-hybridized carbons (Fsp3) is 0.500. The number of halogens is 1. The van der Waals surface area contributed by atoms with Crippen LogP contribution in [0.25, 0.3) is 0 Å². The highest BCUT2D eigenvalue weighted by Crippen LogP contribution is 2.33. The SMILES string of the molecule is CC(C)(C)OC(=O)NN1C[C@@H](C(=O)O)[C@H](c2cccc(Cl)c2)C1. The van der Waals surface area contributed by atoms with Gasteiger partial charge in [-0.25, -0.2) is 9.80 Å². The molecule has 0 radical (unpaired) electrons. The van der Waals surface area contributed by atoms with Crippen molar-refractivity contribution in [3.05, 3.63) is 34.9 Å². The first-order chi connectivity index (χ1) is 10.7. The minimum Gasteiger partial charge on any atom is -0.481 e. The number of hydrazine groups is 1. The van der Waals surface area contributed by atoms with Crippen LogP contribution in [-0.4, -0.2) is 40.9 Å². The molecule has 126 valence electrons. The Morgan fingerprint density at radius 1 is 1.35 bits per heavy atom. The first-order valence-corrected chi connectivity index (χ1v) is 7.76. The summed E-state index contributed by atoms with van der Waals surface area (Å²) in [5, 5.41) is 11.6. The van der Waals surface area contributed by atoms with Crippen molar-refractivity contribution in [3.8, 4) is 0 Å². The highest BCUT2D eigenvalue weighted by Gasteiger charge is 2.39. The van der Waals surface area contributed by atoms with Crippen LogP contribution in [0.3, 0.4) is 0 Å². The quantitative estimate of drug-likeness (QED) is 0.884. The molecule has 1 amide bonds. The van der Waals surface area contributed by atoms with Gasteiger partial charge in [0.15, 0.2) is 0 Å². The molecule has 6 nitrogen and oxygen atoms in total. The van der Waals surface area contributed by atoms with E-state index in [1.165, 1.54) is 0 Å². The van der Waals surface area contributed by atoms with Gasteiger partial charge >= 0.3 is 12.1 Å². The van der Waals surface area contributed by atoms with Gasteiger partial charge in [0.2, 0.25) is 0 Å². The maximum Gasteiger partial charge on any atom is 0.422 e. The average Bonchev–Trinajstić information content (AvgIpc) is 2.80. The second-order valence-corrected chi connectivity index (χ2v) is 7.06. The van der Waals surface area contributed by atoms with Crippen molar-refractivity contribution in [3.63, 3.8) is 0 Å². The van der Waals surface area contributed by atoms with Gasteiger partial charge in [-0.15, -0.1) is 0 Å². The van der Waals surface area contributed by atoms with Gasteiger partial charge in [0.05, 0.1) is 5.92 Å². The molecule has 0 saturated carbocycles. The monoisotopic (exact) mass is 340 g/mol. The van der Waals surface area contributed by atoms with Crippen LogP contribution in [0.4, 0.5) is 4.79 Å². The number of carboxylic acids is 1. The summed E-state index contributed by atoms with van der Waals surface area (Å²) in [7, 11) is 0. The molecule has 2 N–H and O–H groups in total. The Bertz CT molecular complexity index is 600. The van der Waals surface area contributed by atoms with E-state index in [0.29, 0.717) is 11.6 Å². The van der Waals surface area contributed by atoms with Crippen molar-refractivity contribution >= 4 is 23.7 Å². The molecule has 0 aromatic heterocycles. The first kappa shape index (κ1) is 17.6. The number of carboxylic acid groups (broad SMARTS) is 1. The van der Waals surface area contributed by atoms with Gasteiger partial charge in [0, 0.05) is 24.0 Å². The lowest BCUT2D eigenvalue weighted by Gasteiger charge is -2.23. The Balaban J connectivity index is 2.09. The molecule has 23 heavy (non-hydrogen) atoms. The third-order valence-electron chi connectivity index (χ3n) is 3.56. The number of nitrogens with zero attached hydrogens (tertiary/aromatic N) is 1. The van der Waals surface area contributed by atoms with Gasteiger partial charge in [-0.1, -0.05) is 23.7 Å². The molecule has 1 saturated heterocycles. The van der Waals surface area contributed by atoms with Crippen LogP contribution in [0.2, 0.25) is 5.02 Å². The zero-order valence-electron chi connectivity index (χ0n) is 13.4. The summed E-state index contributed by atoms with van der Waals surface area (Å²) in [4.78, 5) is 23.4. The molecule has 0 spiro atoms. The lowest BCUT2D eigenvalue weighted by atomic mass is 9.89. The standard InChI is InChI=1S/C16H21ClN2O4/c1-16(2,3)23-15(22)18-19-8-12(13(9-19)14(20)21)10-5-4-6-11(17)7-10/h4-7,12-13H,8-9H2,1-3H3,(H,18,22)(H,20,21)/t12-,13+/m0/s1. The molecule has 2 rings (SSSR count). The van der Waals surface area contributed by atoms with E-state index in [9.17, 15) is 14.7 Å². The van der Waals surface area contributed by atoms with Gasteiger partial charge < -0.3 is 9.84 Å². The van der Waals surface area contributed by atoms with Crippen molar-refractivity contribution in [1.29, 1.82) is 0 Å². The van der Waals surface area contributed by atoms with Crippen molar-refractivity contribution in [2.24, 2.45) is 5.92 Å². The van der Waals surface area contributed by atoms with Crippen molar-refractivity contribution in [2.75, 3.05) is 13.1 Å². The number of aliphatic carboxylic acids is 1. The fourth-order valence-electron chi connectivity index (χ4n) is 2.65. The number of benzene rings is 1. The van der Waals surface area contributed by atoms with E-state index < -0.39 is 23.6 Å². The zero-order chi connectivity index (χ0) is 17.2. The molecule has 0 bridgehead atoms. The molecule has 2 atom stereocenters. The molecule has 1 aliphatic rings. The van der Waals surface area contributed by atoms with Crippen LogP contribution in [-0.2, 0) is 9.53 Å². The third kappa shape index (κ3) is 4.84. The van der Waals surface area contributed by atoms with E-state index in [2.05, 4.69) is 5.43 Å². The van der Waals surface area contributed by atoms with E-state index in [-0.39, 0.29) is 12.5 Å². The van der Waals surface area contributed by atoms with E-state index in [1.54, 1.807) is 44.0 Å². The first-order valence-electron chi connectivity index (χ1n) is 7.38.